The van der Waals surface area contributed by atoms with Gasteiger partial charge in [0.1, 0.15) is 5.75 Å². The summed E-state index contributed by atoms with van der Waals surface area (Å²) in [5.41, 5.74) is 0. The molecule has 1 rings (SSSR count). The summed E-state index contributed by atoms with van der Waals surface area (Å²) in [4.78, 5) is 11.3. The number of halogens is 1. The highest BCUT2D eigenvalue weighted by atomic mass is 79.9. The second-order valence-electron chi connectivity index (χ2n) is 3.71. The highest BCUT2D eigenvalue weighted by molar-refractivity contribution is 9.10. The summed E-state index contributed by atoms with van der Waals surface area (Å²) in [7, 11) is 0. The first-order valence-electron chi connectivity index (χ1n) is 5.41. The zero-order valence-electron chi connectivity index (χ0n) is 9.65. The largest absolute Gasteiger partial charge is 0.493 e. The Morgan fingerprint density at radius 3 is 2.71 bits per heavy atom. The quantitative estimate of drug-likeness (QED) is 0.841. The lowest BCUT2D eigenvalue weighted by Gasteiger charge is -2.08. The van der Waals surface area contributed by atoms with Crippen molar-refractivity contribution in [3.63, 3.8) is 0 Å². The average molecular weight is 302 g/mol. The number of rotatable bonds is 6. The molecule has 94 valence electrons. The molecule has 0 saturated carbocycles. The smallest absolute Gasteiger partial charge is 0.223 e. The van der Waals surface area contributed by atoms with Gasteiger partial charge in [-0.1, -0.05) is 15.9 Å². The Labute approximate surface area is 109 Å². The summed E-state index contributed by atoms with van der Waals surface area (Å²) < 4.78 is 6.38. The van der Waals surface area contributed by atoms with E-state index < -0.39 is 6.10 Å². The molecule has 0 aliphatic carbocycles. The summed E-state index contributed by atoms with van der Waals surface area (Å²) >= 11 is 3.33. The van der Waals surface area contributed by atoms with Gasteiger partial charge in [-0.05, 0) is 31.2 Å². The monoisotopic (exact) mass is 301 g/mol. The number of hydrogen-bond donors (Lipinski definition) is 2. The Kier molecular flexibility index (Phi) is 6.00. The van der Waals surface area contributed by atoms with E-state index in [0.29, 0.717) is 6.61 Å². The Morgan fingerprint density at radius 2 is 2.12 bits per heavy atom. The van der Waals surface area contributed by atoms with Crippen LogP contribution in [0.4, 0.5) is 0 Å². The van der Waals surface area contributed by atoms with Crippen LogP contribution >= 0.6 is 15.9 Å². The summed E-state index contributed by atoms with van der Waals surface area (Å²) in [5, 5.41) is 11.6. The summed E-state index contributed by atoms with van der Waals surface area (Å²) in [6, 6.07) is 7.42. The number of benzene rings is 1. The van der Waals surface area contributed by atoms with E-state index in [9.17, 15) is 4.79 Å². The molecule has 5 heteroatoms. The minimum atomic E-state index is -0.522. The first-order chi connectivity index (χ1) is 8.08. The minimum absolute atomic E-state index is 0.122. The summed E-state index contributed by atoms with van der Waals surface area (Å²) in [5.74, 6) is 0.611. The number of ether oxygens (including phenoxy) is 1. The van der Waals surface area contributed by atoms with Gasteiger partial charge in [0, 0.05) is 11.0 Å². The molecule has 0 bridgehead atoms. The van der Waals surface area contributed by atoms with E-state index in [1.54, 1.807) is 6.92 Å². The van der Waals surface area contributed by atoms with Crippen LogP contribution < -0.4 is 10.1 Å². The van der Waals surface area contributed by atoms with E-state index in [4.69, 9.17) is 9.84 Å². The molecule has 0 heterocycles. The molecule has 0 spiro atoms. The molecule has 1 aromatic rings. The molecule has 0 fully saturated rings. The van der Waals surface area contributed by atoms with Crippen LogP contribution in [-0.2, 0) is 4.79 Å². The van der Waals surface area contributed by atoms with Crippen LogP contribution in [0.1, 0.15) is 13.3 Å². The molecule has 17 heavy (non-hydrogen) atoms. The highest BCUT2D eigenvalue weighted by Gasteiger charge is 2.03. The van der Waals surface area contributed by atoms with Gasteiger partial charge in [-0.25, -0.2) is 0 Å². The van der Waals surface area contributed by atoms with Gasteiger partial charge in [-0.3, -0.25) is 4.79 Å². The van der Waals surface area contributed by atoms with Crippen LogP contribution in [0.2, 0.25) is 0 Å². The number of aliphatic hydroxyl groups is 1. The van der Waals surface area contributed by atoms with Crippen molar-refractivity contribution in [1.29, 1.82) is 0 Å². The van der Waals surface area contributed by atoms with Crippen molar-refractivity contribution >= 4 is 21.8 Å². The van der Waals surface area contributed by atoms with Crippen LogP contribution in [0.15, 0.2) is 28.7 Å². The van der Waals surface area contributed by atoms with E-state index in [1.165, 1.54) is 0 Å². The molecule has 1 aromatic carbocycles. The zero-order chi connectivity index (χ0) is 12.7. The number of carbonyl (C=O) groups is 1. The third-order valence-electron chi connectivity index (χ3n) is 2.01. The van der Waals surface area contributed by atoms with Gasteiger partial charge in [-0.2, -0.15) is 0 Å². The third kappa shape index (κ3) is 6.28. The second-order valence-corrected chi connectivity index (χ2v) is 4.62. The van der Waals surface area contributed by atoms with E-state index in [-0.39, 0.29) is 18.9 Å². The molecule has 0 aliphatic heterocycles. The molecule has 0 saturated heterocycles. The fourth-order valence-corrected chi connectivity index (χ4v) is 1.41. The van der Waals surface area contributed by atoms with E-state index in [1.807, 2.05) is 24.3 Å². The Hall–Kier alpha value is -1.07. The lowest BCUT2D eigenvalue weighted by atomic mass is 10.3. The van der Waals surface area contributed by atoms with Crippen LogP contribution in [0.25, 0.3) is 0 Å². The van der Waals surface area contributed by atoms with Crippen LogP contribution in [0.5, 0.6) is 5.75 Å². The van der Waals surface area contributed by atoms with Crippen molar-refractivity contribution in [3.05, 3.63) is 28.7 Å². The first kappa shape index (κ1) is 14.0. The fraction of sp³-hybridized carbons (Fsp3) is 0.417. The van der Waals surface area contributed by atoms with Crippen molar-refractivity contribution in [3.8, 4) is 5.75 Å². The van der Waals surface area contributed by atoms with E-state index >= 15 is 0 Å². The molecule has 1 amide bonds. The zero-order valence-corrected chi connectivity index (χ0v) is 11.2. The summed E-state index contributed by atoms with van der Waals surface area (Å²) in [6.45, 7) is 2.23. The molecule has 1 atom stereocenters. The van der Waals surface area contributed by atoms with Crippen LogP contribution in [-0.4, -0.2) is 30.3 Å². The lowest BCUT2D eigenvalue weighted by Crippen LogP contribution is -2.31. The summed E-state index contributed by atoms with van der Waals surface area (Å²) in [6.07, 6.45) is -0.241. The number of hydrogen-bond acceptors (Lipinski definition) is 3. The topological polar surface area (TPSA) is 58.6 Å². The van der Waals surface area contributed by atoms with Gasteiger partial charge >= 0.3 is 0 Å². The molecular weight excluding hydrogens is 286 g/mol. The van der Waals surface area contributed by atoms with Gasteiger partial charge < -0.3 is 15.2 Å². The van der Waals surface area contributed by atoms with Crippen molar-refractivity contribution in [2.24, 2.45) is 0 Å². The Morgan fingerprint density at radius 1 is 1.47 bits per heavy atom. The molecule has 4 nitrogen and oxygen atoms in total. The lowest BCUT2D eigenvalue weighted by molar-refractivity contribution is -0.122. The highest BCUT2D eigenvalue weighted by Crippen LogP contribution is 2.15. The normalized spacial score (nSPS) is 11.9. The molecule has 0 aliphatic rings. The number of aliphatic hydroxyl groups excluding tert-OH is 1. The molecular formula is C12H16BrNO3. The maximum atomic E-state index is 11.3. The third-order valence-corrected chi connectivity index (χ3v) is 2.53. The van der Waals surface area contributed by atoms with Gasteiger partial charge in [0.2, 0.25) is 5.91 Å². The average Bonchev–Trinajstić information content (AvgIpc) is 2.29. The fourth-order valence-electron chi connectivity index (χ4n) is 1.14. The number of carbonyl (C=O) groups excluding carboxylic acids is 1. The van der Waals surface area contributed by atoms with Gasteiger partial charge in [0.05, 0.1) is 19.1 Å². The Bertz CT molecular complexity index is 351. The predicted molar refractivity (Wildman–Crippen MR) is 68.9 cm³/mol. The molecule has 2 N–H and O–H groups in total. The van der Waals surface area contributed by atoms with Gasteiger partial charge in [0.15, 0.2) is 0 Å². The van der Waals surface area contributed by atoms with Gasteiger partial charge in [0.25, 0.3) is 0 Å². The second kappa shape index (κ2) is 7.29. The molecule has 0 aromatic heterocycles. The van der Waals surface area contributed by atoms with Crippen molar-refractivity contribution in [2.45, 2.75) is 19.4 Å². The predicted octanol–water partition coefficient (Wildman–Crippen LogP) is 1.71. The van der Waals surface area contributed by atoms with E-state index in [2.05, 4.69) is 21.2 Å². The van der Waals surface area contributed by atoms with Crippen LogP contribution in [0.3, 0.4) is 0 Å². The molecule has 0 unspecified atom stereocenters. The van der Waals surface area contributed by atoms with Crippen molar-refractivity contribution < 1.29 is 14.6 Å². The van der Waals surface area contributed by atoms with E-state index in [0.717, 1.165) is 10.2 Å². The maximum absolute atomic E-state index is 11.3. The number of amides is 1. The van der Waals surface area contributed by atoms with Gasteiger partial charge in [-0.15, -0.1) is 0 Å². The Balaban J connectivity index is 2.19. The maximum Gasteiger partial charge on any atom is 0.223 e. The van der Waals surface area contributed by atoms with Crippen molar-refractivity contribution in [1.82, 2.24) is 5.32 Å². The number of nitrogens with one attached hydrogen (secondary N) is 1. The standard InChI is InChI=1S/C12H16BrNO3/c1-9(15)8-14-12(16)6-7-17-11-4-2-10(13)3-5-11/h2-5,9,15H,6-8H2,1H3,(H,14,16)/t9-/m0/s1. The van der Waals surface area contributed by atoms with Crippen LogP contribution in [0, 0.1) is 0 Å². The molecule has 0 radical (unpaired) electrons. The first-order valence-corrected chi connectivity index (χ1v) is 6.20. The SMILES string of the molecule is C[C@H](O)CNC(=O)CCOc1ccc(Br)cc1. The van der Waals surface area contributed by atoms with Crippen molar-refractivity contribution in [2.75, 3.05) is 13.2 Å². The minimum Gasteiger partial charge on any atom is -0.493 e.